The Kier molecular flexibility index (Phi) is 3.75. The lowest BCUT2D eigenvalue weighted by Gasteiger charge is -2.39. The summed E-state index contributed by atoms with van der Waals surface area (Å²) in [5, 5.41) is 9.93. The fourth-order valence-corrected chi connectivity index (χ4v) is 4.37. The van der Waals surface area contributed by atoms with E-state index in [4.69, 9.17) is 0 Å². The van der Waals surface area contributed by atoms with Crippen LogP contribution in [0.2, 0.25) is 0 Å². The van der Waals surface area contributed by atoms with Crippen molar-refractivity contribution < 1.29 is 14.7 Å². The van der Waals surface area contributed by atoms with Crippen molar-refractivity contribution in [1.29, 1.82) is 0 Å². The Balaban J connectivity index is 1.72. The average Bonchev–Trinajstić information content (AvgIpc) is 2.86. The maximum Gasteiger partial charge on any atom is 0.254 e. The highest BCUT2D eigenvalue weighted by atomic mass is 16.3. The largest absolute Gasteiger partial charge is 0.508 e. The zero-order chi connectivity index (χ0) is 18.5. The van der Waals surface area contributed by atoms with E-state index in [9.17, 15) is 14.7 Å². The van der Waals surface area contributed by atoms with Gasteiger partial charge in [0.1, 0.15) is 5.75 Å². The van der Waals surface area contributed by atoms with Crippen molar-refractivity contribution in [2.24, 2.45) is 0 Å². The van der Waals surface area contributed by atoms with Crippen LogP contribution in [0, 0.1) is 6.92 Å². The number of carbonyl (C=O) groups excluding carboxylic acids is 2. The van der Waals surface area contributed by atoms with Gasteiger partial charge >= 0.3 is 0 Å². The van der Waals surface area contributed by atoms with E-state index in [1.807, 2.05) is 24.3 Å². The molecule has 134 valence electrons. The predicted octanol–water partition coefficient (Wildman–Crippen LogP) is 2.85. The lowest BCUT2D eigenvalue weighted by Crippen LogP contribution is -2.53. The number of aromatic hydroxyl groups is 1. The summed E-state index contributed by atoms with van der Waals surface area (Å²) in [5.41, 5.74) is 2.35. The third-order valence-electron chi connectivity index (χ3n) is 5.81. The Morgan fingerprint density at radius 1 is 1.15 bits per heavy atom. The highest BCUT2D eigenvalue weighted by Crippen LogP contribution is 2.46. The van der Waals surface area contributed by atoms with Gasteiger partial charge in [-0.1, -0.05) is 24.3 Å². The number of phenolic OH excluding ortho intramolecular Hbond substituents is 1. The second-order valence-corrected chi connectivity index (χ2v) is 7.24. The maximum atomic E-state index is 13.1. The molecule has 0 radical (unpaired) electrons. The van der Waals surface area contributed by atoms with Gasteiger partial charge in [0.2, 0.25) is 5.91 Å². The van der Waals surface area contributed by atoms with Gasteiger partial charge in [-0.25, -0.2) is 0 Å². The molecule has 0 aliphatic carbocycles. The molecule has 2 heterocycles. The molecule has 1 N–H and O–H groups in total. The van der Waals surface area contributed by atoms with Crippen LogP contribution < -0.4 is 4.90 Å². The number of hydrogen-bond acceptors (Lipinski definition) is 3. The van der Waals surface area contributed by atoms with Crippen LogP contribution in [0.4, 0.5) is 5.69 Å². The summed E-state index contributed by atoms with van der Waals surface area (Å²) < 4.78 is 0. The standard InChI is InChI=1S/C21H22N2O3/c1-14-15(7-5-10-18(14)24)19(25)23-12-6-11-21(13-23)16-8-3-4-9-17(16)22(2)20(21)26/h3-5,7-10,24H,6,11-13H2,1-2H3/t21-/m1/s1. The third-order valence-corrected chi connectivity index (χ3v) is 5.81. The molecule has 2 aromatic carbocycles. The minimum Gasteiger partial charge on any atom is -0.508 e. The molecule has 0 unspecified atom stereocenters. The zero-order valence-corrected chi connectivity index (χ0v) is 15.0. The Bertz CT molecular complexity index is 908. The number of para-hydroxylation sites is 1. The minimum atomic E-state index is -0.663. The van der Waals surface area contributed by atoms with Crippen LogP contribution in [0.15, 0.2) is 42.5 Å². The quantitative estimate of drug-likeness (QED) is 0.860. The van der Waals surface area contributed by atoms with E-state index >= 15 is 0 Å². The molecule has 1 spiro atoms. The van der Waals surface area contributed by atoms with E-state index in [0.717, 1.165) is 24.1 Å². The molecule has 1 fully saturated rings. The van der Waals surface area contributed by atoms with E-state index in [2.05, 4.69) is 0 Å². The normalized spacial score (nSPS) is 22.0. The first-order chi connectivity index (χ1) is 12.5. The molecule has 1 atom stereocenters. The van der Waals surface area contributed by atoms with Gasteiger partial charge in [-0.2, -0.15) is 0 Å². The van der Waals surface area contributed by atoms with Crippen LogP contribution in [-0.4, -0.2) is 42.0 Å². The molecule has 0 saturated carbocycles. The van der Waals surface area contributed by atoms with Crippen LogP contribution in [0.3, 0.4) is 0 Å². The van der Waals surface area contributed by atoms with Crippen molar-refractivity contribution in [2.45, 2.75) is 25.2 Å². The Morgan fingerprint density at radius 3 is 2.73 bits per heavy atom. The molecule has 2 aromatic rings. The minimum absolute atomic E-state index is 0.0591. The number of likely N-dealkylation sites (tertiary alicyclic amines) is 1. The van der Waals surface area contributed by atoms with Gasteiger partial charge in [-0.3, -0.25) is 9.59 Å². The second-order valence-electron chi connectivity index (χ2n) is 7.24. The summed E-state index contributed by atoms with van der Waals surface area (Å²) in [6, 6.07) is 12.8. The van der Waals surface area contributed by atoms with E-state index in [1.165, 1.54) is 0 Å². The Morgan fingerprint density at radius 2 is 1.92 bits per heavy atom. The SMILES string of the molecule is Cc1c(O)cccc1C(=O)N1CCC[C@]2(C1)C(=O)N(C)c1ccccc12. The number of nitrogens with zero attached hydrogens (tertiary/aromatic N) is 2. The molecular weight excluding hydrogens is 328 g/mol. The molecule has 5 nitrogen and oxygen atoms in total. The summed E-state index contributed by atoms with van der Waals surface area (Å²) in [5.74, 6) is 0.0470. The van der Waals surface area contributed by atoms with Crippen molar-refractivity contribution in [3.05, 3.63) is 59.2 Å². The molecule has 2 aliphatic heterocycles. The van der Waals surface area contributed by atoms with E-state index < -0.39 is 5.41 Å². The van der Waals surface area contributed by atoms with E-state index in [0.29, 0.717) is 24.2 Å². The lowest BCUT2D eigenvalue weighted by atomic mass is 9.75. The van der Waals surface area contributed by atoms with Crippen molar-refractivity contribution >= 4 is 17.5 Å². The van der Waals surface area contributed by atoms with E-state index in [-0.39, 0.29) is 17.6 Å². The maximum absolute atomic E-state index is 13.1. The number of piperidine rings is 1. The van der Waals surface area contributed by atoms with Crippen LogP contribution in [0.1, 0.15) is 34.3 Å². The smallest absolute Gasteiger partial charge is 0.254 e. The summed E-state index contributed by atoms with van der Waals surface area (Å²) >= 11 is 0. The number of likely N-dealkylation sites (N-methyl/N-ethyl adjacent to an activating group) is 1. The van der Waals surface area contributed by atoms with E-state index in [1.54, 1.807) is 42.0 Å². The Hall–Kier alpha value is -2.82. The molecule has 0 aromatic heterocycles. The first kappa shape index (κ1) is 16.6. The molecule has 26 heavy (non-hydrogen) atoms. The van der Waals surface area contributed by atoms with Crippen LogP contribution in [0.5, 0.6) is 5.75 Å². The number of hydrogen-bond donors (Lipinski definition) is 1. The van der Waals surface area contributed by atoms with Crippen LogP contribution in [-0.2, 0) is 10.2 Å². The van der Waals surface area contributed by atoms with Gasteiger partial charge in [-0.15, -0.1) is 0 Å². The average molecular weight is 350 g/mol. The number of carbonyl (C=O) groups is 2. The summed E-state index contributed by atoms with van der Waals surface area (Å²) in [7, 11) is 1.80. The molecule has 0 bridgehead atoms. The number of amides is 2. The van der Waals surface area contributed by atoms with Gasteiger partial charge < -0.3 is 14.9 Å². The molecule has 5 heteroatoms. The third kappa shape index (κ3) is 2.23. The van der Waals surface area contributed by atoms with Gasteiger partial charge in [0.25, 0.3) is 5.91 Å². The van der Waals surface area contributed by atoms with Crippen molar-refractivity contribution in [3.8, 4) is 5.75 Å². The van der Waals surface area contributed by atoms with Gasteiger partial charge in [0.15, 0.2) is 0 Å². The number of phenols is 1. The molecule has 1 saturated heterocycles. The fraction of sp³-hybridized carbons (Fsp3) is 0.333. The predicted molar refractivity (Wildman–Crippen MR) is 99.5 cm³/mol. The number of benzene rings is 2. The van der Waals surface area contributed by atoms with Crippen LogP contribution >= 0.6 is 0 Å². The molecular formula is C21H22N2O3. The Labute approximate surface area is 152 Å². The number of anilines is 1. The summed E-state index contributed by atoms with van der Waals surface area (Å²) in [6.45, 7) is 2.74. The van der Waals surface area contributed by atoms with Crippen molar-refractivity contribution in [1.82, 2.24) is 4.90 Å². The zero-order valence-electron chi connectivity index (χ0n) is 15.0. The highest BCUT2D eigenvalue weighted by Gasteiger charge is 2.52. The first-order valence-corrected chi connectivity index (χ1v) is 8.91. The second kappa shape index (κ2) is 5.87. The number of rotatable bonds is 1. The molecule has 4 rings (SSSR count). The fourth-order valence-electron chi connectivity index (χ4n) is 4.37. The highest BCUT2D eigenvalue weighted by molar-refractivity contribution is 6.08. The summed E-state index contributed by atoms with van der Waals surface area (Å²) in [6.07, 6.45) is 1.52. The summed E-state index contributed by atoms with van der Waals surface area (Å²) in [4.78, 5) is 29.7. The molecule has 2 aliphatic rings. The lowest BCUT2D eigenvalue weighted by molar-refractivity contribution is -0.124. The van der Waals surface area contributed by atoms with Crippen molar-refractivity contribution in [2.75, 3.05) is 25.0 Å². The van der Waals surface area contributed by atoms with Crippen molar-refractivity contribution in [3.63, 3.8) is 0 Å². The van der Waals surface area contributed by atoms with Gasteiger partial charge in [0, 0.05) is 37.0 Å². The number of fused-ring (bicyclic) bond motifs is 2. The van der Waals surface area contributed by atoms with Gasteiger partial charge in [-0.05, 0) is 43.5 Å². The first-order valence-electron chi connectivity index (χ1n) is 8.91. The van der Waals surface area contributed by atoms with Gasteiger partial charge in [0.05, 0.1) is 5.41 Å². The molecule has 2 amide bonds. The topological polar surface area (TPSA) is 60.9 Å². The monoisotopic (exact) mass is 350 g/mol. The van der Waals surface area contributed by atoms with Crippen LogP contribution in [0.25, 0.3) is 0 Å².